The van der Waals surface area contributed by atoms with Crippen molar-refractivity contribution >= 4 is 27.4 Å². The number of likely N-dealkylation sites (tertiary alicyclic amines) is 1. The van der Waals surface area contributed by atoms with E-state index in [1.807, 2.05) is 17.9 Å². The maximum absolute atomic E-state index is 6.10. The number of hydrogen-bond acceptors (Lipinski definition) is 7. The first-order valence-electron chi connectivity index (χ1n) is 9.57. The number of nitrogens with two attached hydrogens (primary N) is 1. The van der Waals surface area contributed by atoms with Gasteiger partial charge in [0.05, 0.1) is 28.7 Å². The number of aromatic nitrogens is 6. The van der Waals surface area contributed by atoms with Crippen LogP contribution in [0.25, 0.3) is 17.2 Å². The molecule has 5 heterocycles. The third-order valence-electron chi connectivity index (χ3n) is 5.03. The largest absolute Gasteiger partial charge is 0.461 e. The summed E-state index contributed by atoms with van der Waals surface area (Å²) in [5, 5.41) is 8.96. The van der Waals surface area contributed by atoms with Crippen molar-refractivity contribution in [2.24, 2.45) is 7.05 Å². The molecule has 30 heavy (non-hydrogen) atoms. The molecule has 1 saturated heterocycles. The third kappa shape index (κ3) is 3.58. The van der Waals surface area contributed by atoms with Crippen molar-refractivity contribution in [3.8, 4) is 23.4 Å². The van der Waals surface area contributed by atoms with Gasteiger partial charge >= 0.3 is 0 Å². The van der Waals surface area contributed by atoms with Crippen LogP contribution in [0.5, 0.6) is 0 Å². The summed E-state index contributed by atoms with van der Waals surface area (Å²) in [4.78, 5) is 11.1. The Morgan fingerprint density at radius 3 is 2.97 bits per heavy atom. The van der Waals surface area contributed by atoms with Crippen molar-refractivity contribution in [3.05, 3.63) is 46.7 Å². The zero-order valence-electron chi connectivity index (χ0n) is 16.3. The number of nitrogen functional groups attached to an aromatic ring is 1. The number of fused-ring (bicyclic) bond motifs is 1. The van der Waals surface area contributed by atoms with Crippen LogP contribution in [-0.4, -0.2) is 46.8 Å². The van der Waals surface area contributed by atoms with Crippen molar-refractivity contribution in [2.75, 3.05) is 12.3 Å². The number of furan rings is 1. The SMILES string of the molecule is Cn1cc(Br)c(CN2CCC[C@@H]2C#Cc2cn3nc(-c4ccco4)nc3c(N)n2)n1. The highest BCUT2D eigenvalue weighted by molar-refractivity contribution is 9.10. The summed E-state index contributed by atoms with van der Waals surface area (Å²) < 4.78 is 9.79. The van der Waals surface area contributed by atoms with Crippen LogP contribution in [0.3, 0.4) is 0 Å². The van der Waals surface area contributed by atoms with Gasteiger partial charge < -0.3 is 10.2 Å². The lowest BCUT2D eigenvalue weighted by Crippen LogP contribution is -2.28. The fraction of sp³-hybridized carbons (Fsp3) is 0.300. The maximum Gasteiger partial charge on any atom is 0.218 e. The van der Waals surface area contributed by atoms with E-state index >= 15 is 0 Å². The number of rotatable bonds is 3. The van der Waals surface area contributed by atoms with Gasteiger partial charge in [-0.3, -0.25) is 9.58 Å². The van der Waals surface area contributed by atoms with E-state index in [0.717, 1.165) is 36.1 Å². The molecule has 9 nitrogen and oxygen atoms in total. The molecule has 0 amide bonds. The molecule has 0 saturated carbocycles. The summed E-state index contributed by atoms with van der Waals surface area (Å²) in [6.45, 7) is 1.75. The Labute approximate surface area is 181 Å². The minimum Gasteiger partial charge on any atom is -0.461 e. The summed E-state index contributed by atoms with van der Waals surface area (Å²) in [6, 6.07) is 3.73. The number of hydrogen-bond donors (Lipinski definition) is 1. The van der Waals surface area contributed by atoms with E-state index in [9.17, 15) is 0 Å². The minimum absolute atomic E-state index is 0.145. The molecule has 10 heteroatoms. The van der Waals surface area contributed by atoms with Crippen LogP contribution in [0.15, 0.2) is 39.7 Å². The highest BCUT2D eigenvalue weighted by Gasteiger charge is 2.24. The van der Waals surface area contributed by atoms with E-state index in [2.05, 4.69) is 52.8 Å². The smallest absolute Gasteiger partial charge is 0.218 e. The molecule has 1 fully saturated rings. The predicted octanol–water partition coefficient (Wildman–Crippen LogP) is 2.48. The van der Waals surface area contributed by atoms with Crippen molar-refractivity contribution in [1.29, 1.82) is 0 Å². The summed E-state index contributed by atoms with van der Waals surface area (Å²) >= 11 is 3.57. The van der Waals surface area contributed by atoms with Gasteiger partial charge in [-0.25, -0.2) is 14.5 Å². The fourth-order valence-electron chi connectivity index (χ4n) is 3.62. The molecule has 1 atom stereocenters. The normalized spacial score (nSPS) is 16.8. The van der Waals surface area contributed by atoms with Gasteiger partial charge in [0.2, 0.25) is 5.82 Å². The van der Waals surface area contributed by atoms with Crippen molar-refractivity contribution in [2.45, 2.75) is 25.4 Å². The molecule has 4 aromatic rings. The topological polar surface area (TPSA) is 103 Å². The average molecular weight is 467 g/mol. The van der Waals surface area contributed by atoms with E-state index in [-0.39, 0.29) is 11.9 Å². The van der Waals surface area contributed by atoms with Crippen LogP contribution in [-0.2, 0) is 13.6 Å². The first kappa shape index (κ1) is 18.8. The molecule has 2 N–H and O–H groups in total. The number of halogens is 1. The molecular weight excluding hydrogens is 448 g/mol. The molecule has 0 unspecified atom stereocenters. The van der Waals surface area contributed by atoms with Gasteiger partial charge in [-0.05, 0) is 53.4 Å². The van der Waals surface area contributed by atoms with Crippen molar-refractivity contribution < 1.29 is 4.42 Å². The molecule has 1 aliphatic heterocycles. The van der Waals surface area contributed by atoms with Gasteiger partial charge in [-0.1, -0.05) is 5.92 Å². The second-order valence-corrected chi connectivity index (χ2v) is 8.04. The van der Waals surface area contributed by atoms with E-state index in [0.29, 0.717) is 22.9 Å². The van der Waals surface area contributed by atoms with Gasteiger partial charge in [-0.2, -0.15) is 5.10 Å². The molecule has 5 rings (SSSR count). The minimum atomic E-state index is 0.145. The highest BCUT2D eigenvalue weighted by Crippen LogP contribution is 2.23. The Morgan fingerprint density at radius 1 is 1.30 bits per heavy atom. The molecule has 0 bridgehead atoms. The molecule has 152 valence electrons. The van der Waals surface area contributed by atoms with E-state index in [1.54, 1.807) is 29.1 Å². The molecule has 0 spiro atoms. The number of aryl methyl sites for hydroxylation is 1. The first-order valence-corrected chi connectivity index (χ1v) is 10.4. The van der Waals surface area contributed by atoms with Crippen LogP contribution >= 0.6 is 15.9 Å². The Hall–Kier alpha value is -3.16. The third-order valence-corrected chi connectivity index (χ3v) is 5.69. The Morgan fingerprint density at radius 2 is 2.20 bits per heavy atom. The Balaban J connectivity index is 1.39. The van der Waals surface area contributed by atoms with Crippen molar-refractivity contribution in [3.63, 3.8) is 0 Å². The van der Waals surface area contributed by atoms with Gasteiger partial charge in [0.1, 0.15) is 5.69 Å². The van der Waals surface area contributed by atoms with Crippen LogP contribution in [0.2, 0.25) is 0 Å². The Bertz CT molecular complexity index is 1260. The standard InChI is InChI=1S/C20H19BrN8O/c1-27-11-15(21)16(25-27)12-28-8-2-4-14(28)7-6-13-10-29-20(18(22)23-13)24-19(26-29)17-5-3-9-30-17/h3,5,9-11,14H,2,4,8,12H2,1H3,(H2,22,23)/t14-/m1/s1. The monoisotopic (exact) mass is 466 g/mol. The lowest BCUT2D eigenvalue weighted by atomic mass is 10.2. The van der Waals surface area contributed by atoms with E-state index < -0.39 is 0 Å². The average Bonchev–Trinajstić information content (AvgIpc) is 3.48. The number of anilines is 1. The van der Waals surface area contributed by atoms with Crippen molar-refractivity contribution in [1.82, 2.24) is 34.3 Å². The summed E-state index contributed by atoms with van der Waals surface area (Å²) in [5.74, 6) is 7.84. The molecular formula is C20H19BrN8O. The highest BCUT2D eigenvalue weighted by atomic mass is 79.9. The Kier molecular flexibility index (Phi) is 4.77. The molecule has 1 aliphatic rings. The molecule has 0 aromatic carbocycles. The first-order chi connectivity index (χ1) is 14.6. The molecule has 0 radical (unpaired) electrons. The van der Waals surface area contributed by atoms with Gasteiger partial charge in [0.15, 0.2) is 17.2 Å². The predicted molar refractivity (Wildman–Crippen MR) is 114 cm³/mol. The van der Waals surface area contributed by atoms with E-state index in [1.165, 1.54) is 0 Å². The fourth-order valence-corrected chi connectivity index (χ4v) is 4.13. The zero-order chi connectivity index (χ0) is 20.7. The lowest BCUT2D eigenvalue weighted by molar-refractivity contribution is 0.283. The van der Waals surface area contributed by atoms with E-state index in [4.69, 9.17) is 10.2 Å². The van der Waals surface area contributed by atoms with Gasteiger partial charge in [-0.15, -0.1) is 5.10 Å². The summed E-state index contributed by atoms with van der Waals surface area (Å²) in [7, 11) is 1.92. The van der Waals surface area contributed by atoms with Gasteiger partial charge in [0, 0.05) is 19.8 Å². The molecule has 4 aromatic heterocycles. The van der Waals surface area contributed by atoms with Crippen LogP contribution < -0.4 is 5.73 Å². The number of nitrogens with zero attached hydrogens (tertiary/aromatic N) is 7. The summed E-state index contributed by atoms with van der Waals surface area (Å²) in [5.41, 5.74) is 8.15. The second kappa shape index (κ2) is 7.59. The quantitative estimate of drug-likeness (QED) is 0.462. The zero-order valence-corrected chi connectivity index (χ0v) is 17.9. The van der Waals surface area contributed by atoms with Crippen LogP contribution in [0, 0.1) is 11.8 Å². The maximum atomic E-state index is 6.10. The molecule has 0 aliphatic carbocycles. The lowest BCUT2D eigenvalue weighted by Gasteiger charge is -2.19. The van der Waals surface area contributed by atoms with Crippen LogP contribution in [0.4, 0.5) is 5.82 Å². The van der Waals surface area contributed by atoms with Gasteiger partial charge in [0.25, 0.3) is 0 Å². The second-order valence-electron chi connectivity index (χ2n) is 7.19. The van der Waals surface area contributed by atoms with Crippen LogP contribution in [0.1, 0.15) is 24.2 Å². The summed E-state index contributed by atoms with van der Waals surface area (Å²) in [6.07, 6.45) is 7.40.